The van der Waals surface area contributed by atoms with Crippen molar-refractivity contribution in [3.8, 4) is 0 Å². The molecule has 1 aliphatic heterocycles. The molecule has 0 bridgehead atoms. The van der Waals surface area contributed by atoms with Crippen LogP contribution in [0.15, 0.2) is 0 Å². The van der Waals surface area contributed by atoms with Gasteiger partial charge in [-0.25, -0.2) is 0 Å². The van der Waals surface area contributed by atoms with Crippen LogP contribution in [-0.4, -0.2) is 72.6 Å². The van der Waals surface area contributed by atoms with E-state index in [1.165, 1.54) is 0 Å². The molecule has 0 saturated carbocycles. The van der Waals surface area contributed by atoms with Crippen LogP contribution in [0.3, 0.4) is 0 Å². The Bertz CT molecular complexity index is 466. The summed E-state index contributed by atoms with van der Waals surface area (Å²) in [6.07, 6.45) is 3.14. The van der Waals surface area contributed by atoms with E-state index >= 15 is 0 Å². The number of likely N-dealkylation sites (tertiary alicyclic amines) is 1. The van der Waals surface area contributed by atoms with E-state index < -0.39 is 13.2 Å². The quantitative estimate of drug-likeness (QED) is 0.604. The molecule has 2 amide bonds. The maximum atomic E-state index is 12.6. The molecule has 0 aromatic heterocycles. The van der Waals surface area contributed by atoms with Crippen LogP contribution in [0.5, 0.6) is 0 Å². The average Bonchev–Trinajstić information content (AvgIpc) is 2.74. The molecule has 0 unspecified atom stereocenters. The fourth-order valence-electron chi connectivity index (χ4n) is 2.71. The van der Waals surface area contributed by atoms with Crippen molar-refractivity contribution in [2.75, 3.05) is 19.6 Å². The van der Waals surface area contributed by atoms with Crippen molar-refractivity contribution >= 4 is 32.0 Å². The van der Waals surface area contributed by atoms with Crippen molar-refractivity contribution in [3.63, 3.8) is 0 Å². The first-order chi connectivity index (χ1) is 11.7. The first-order valence-corrected chi connectivity index (χ1v) is 8.93. The zero-order valence-electron chi connectivity index (χ0n) is 15.5. The molecule has 3 N–H and O–H groups in total. The van der Waals surface area contributed by atoms with E-state index in [1.54, 1.807) is 0 Å². The van der Waals surface area contributed by atoms with Gasteiger partial charge in [-0.1, -0.05) is 0 Å². The van der Waals surface area contributed by atoms with Gasteiger partial charge in [0.1, 0.15) is 0 Å². The third-order valence-electron chi connectivity index (χ3n) is 3.94. The number of carbonyl (C=O) groups excluding carboxylic acids is 2. The van der Waals surface area contributed by atoms with Crippen molar-refractivity contribution in [1.82, 2.24) is 10.2 Å². The number of alkyl carbamates (subject to hydrolysis) is 1. The standard InChI is InChI=1S/C16H30B2N2O5/c1-16(2,3)11-17-9-14(21)20-8-6-4-5-7-13(20)10-25-15(22)19-12-18(23)24/h11,13,23-24H,4-10,12H2,1-3H3,(H,19,22)/t13-/m0/s1. The summed E-state index contributed by atoms with van der Waals surface area (Å²) >= 11 is 0. The van der Waals surface area contributed by atoms with Crippen LogP contribution >= 0.6 is 0 Å². The second-order valence-corrected chi connectivity index (χ2v) is 7.52. The minimum atomic E-state index is -1.61. The number of nitrogens with one attached hydrogen (secondary N) is 1. The molecule has 1 aliphatic rings. The van der Waals surface area contributed by atoms with Crippen molar-refractivity contribution < 1.29 is 24.4 Å². The molecule has 1 rings (SSSR count). The fourth-order valence-corrected chi connectivity index (χ4v) is 2.71. The molecule has 1 atom stereocenters. The number of nitrogens with zero attached hydrogens (tertiary/aromatic N) is 1. The molecule has 1 heterocycles. The average molecular weight is 352 g/mol. The molecule has 0 aliphatic carbocycles. The molecule has 9 heteroatoms. The molecule has 1 saturated heterocycles. The second kappa shape index (κ2) is 10.6. The van der Waals surface area contributed by atoms with Crippen LogP contribution in [0.25, 0.3) is 0 Å². The van der Waals surface area contributed by atoms with Gasteiger partial charge in [-0.2, -0.15) is 0 Å². The van der Waals surface area contributed by atoms with Crippen molar-refractivity contribution in [1.29, 1.82) is 0 Å². The summed E-state index contributed by atoms with van der Waals surface area (Å²) in [4.78, 5) is 25.9. The number of hydrogen-bond acceptors (Lipinski definition) is 5. The van der Waals surface area contributed by atoms with Gasteiger partial charge >= 0.3 is 150 Å². The van der Waals surface area contributed by atoms with Crippen LogP contribution in [-0.2, 0) is 9.53 Å². The van der Waals surface area contributed by atoms with Crippen LogP contribution in [0.4, 0.5) is 4.79 Å². The molecular formula is C16H30B2N2O5. The third kappa shape index (κ3) is 9.65. The minimum absolute atomic E-state index is 0.0386. The Morgan fingerprint density at radius 3 is 2.68 bits per heavy atom. The maximum absolute atomic E-state index is 12.6. The van der Waals surface area contributed by atoms with Crippen molar-refractivity contribution in [2.24, 2.45) is 5.41 Å². The normalized spacial score (nSPS) is 18.4. The first-order valence-electron chi connectivity index (χ1n) is 8.93. The van der Waals surface area contributed by atoms with Gasteiger partial charge in [-0.15, -0.1) is 0 Å². The van der Waals surface area contributed by atoms with Gasteiger partial charge < -0.3 is 0 Å². The molecule has 0 spiro atoms. The Hall–Kier alpha value is -1.34. The van der Waals surface area contributed by atoms with Crippen LogP contribution < -0.4 is 5.32 Å². The Morgan fingerprint density at radius 2 is 2.04 bits per heavy atom. The van der Waals surface area contributed by atoms with E-state index in [4.69, 9.17) is 14.8 Å². The number of hydrogen-bond donors (Lipinski definition) is 3. The molecule has 0 radical (unpaired) electrons. The fraction of sp³-hybridized carbons (Fsp3) is 0.812. The molecular weight excluding hydrogens is 322 g/mol. The Balaban J connectivity index is 2.56. The van der Waals surface area contributed by atoms with Gasteiger partial charge in [-0.05, 0) is 0 Å². The number of ether oxygens (including phenoxy) is 1. The van der Waals surface area contributed by atoms with Gasteiger partial charge in [-0.3, -0.25) is 0 Å². The molecule has 0 aromatic rings. The monoisotopic (exact) mass is 352 g/mol. The first kappa shape index (κ1) is 21.7. The predicted octanol–water partition coefficient (Wildman–Crippen LogP) is 0.467. The van der Waals surface area contributed by atoms with Gasteiger partial charge in [0.05, 0.1) is 0 Å². The summed E-state index contributed by atoms with van der Waals surface area (Å²) in [5.41, 5.74) is 0.0386. The van der Waals surface area contributed by atoms with E-state index in [1.807, 2.05) is 17.8 Å². The summed E-state index contributed by atoms with van der Waals surface area (Å²) in [7, 11) is -1.61. The summed E-state index contributed by atoms with van der Waals surface area (Å²) in [6, 6.07) is -0.136. The Kier molecular flexibility index (Phi) is 9.21. The van der Waals surface area contributed by atoms with E-state index in [-0.39, 0.29) is 30.4 Å². The zero-order chi connectivity index (χ0) is 18.9. The van der Waals surface area contributed by atoms with Gasteiger partial charge in [0.2, 0.25) is 0 Å². The van der Waals surface area contributed by atoms with Crippen LogP contribution in [0, 0.1) is 5.41 Å². The van der Waals surface area contributed by atoms with Crippen LogP contribution in [0.1, 0.15) is 46.5 Å². The Morgan fingerprint density at radius 1 is 1.32 bits per heavy atom. The number of rotatable bonds is 6. The molecule has 25 heavy (non-hydrogen) atoms. The van der Waals surface area contributed by atoms with Crippen molar-refractivity contribution in [3.05, 3.63) is 0 Å². The predicted molar refractivity (Wildman–Crippen MR) is 99.6 cm³/mol. The van der Waals surface area contributed by atoms with Crippen LogP contribution in [0.2, 0.25) is 6.32 Å². The zero-order valence-corrected chi connectivity index (χ0v) is 15.5. The summed E-state index contributed by atoms with van der Waals surface area (Å²) in [6.45, 7) is 8.94. The third-order valence-corrected chi connectivity index (χ3v) is 3.94. The number of amides is 2. The van der Waals surface area contributed by atoms with E-state index in [9.17, 15) is 9.59 Å². The summed E-state index contributed by atoms with van der Waals surface area (Å²) < 4.78 is 5.14. The molecule has 7 nitrogen and oxygen atoms in total. The SMILES string of the molecule is CC(C)(C)C=BCC(=O)N1CCCCC[C@H]1COC(=O)NCB(O)O. The number of carbonyl (C=O) groups is 2. The van der Waals surface area contributed by atoms with E-state index in [0.717, 1.165) is 25.7 Å². The summed E-state index contributed by atoms with van der Waals surface area (Å²) in [5.74, 6) is 2.07. The molecule has 1 fully saturated rings. The summed E-state index contributed by atoms with van der Waals surface area (Å²) in [5, 5.41) is 19.7. The van der Waals surface area contributed by atoms with E-state index in [0.29, 0.717) is 12.9 Å². The van der Waals surface area contributed by atoms with Crippen molar-refractivity contribution in [2.45, 2.75) is 58.8 Å². The van der Waals surface area contributed by atoms with Gasteiger partial charge in [0.25, 0.3) is 0 Å². The van der Waals surface area contributed by atoms with Gasteiger partial charge in [0, 0.05) is 0 Å². The molecule has 0 aromatic carbocycles. The second-order valence-electron chi connectivity index (χ2n) is 7.52. The topological polar surface area (TPSA) is 99.1 Å². The van der Waals surface area contributed by atoms with E-state index in [2.05, 4.69) is 26.1 Å². The van der Waals surface area contributed by atoms with Gasteiger partial charge in [0.15, 0.2) is 0 Å². The Labute approximate surface area is 151 Å². The molecule has 140 valence electrons.